The normalized spacial score (nSPS) is 11.1. The van der Waals surface area contributed by atoms with Gasteiger partial charge in [0.05, 0.1) is 16.8 Å². The number of nitrogens with one attached hydrogen (secondary N) is 1. The minimum atomic E-state index is 0.723. The summed E-state index contributed by atoms with van der Waals surface area (Å²) in [5, 5.41) is 6.63. The van der Waals surface area contributed by atoms with Gasteiger partial charge in [-0.05, 0) is 6.92 Å². The van der Waals surface area contributed by atoms with Crippen molar-refractivity contribution in [2.24, 2.45) is 0 Å². The van der Waals surface area contributed by atoms with Gasteiger partial charge in [0.25, 0.3) is 0 Å². The standard InChI is InChI=1S/C10H8N4OS/c1-6-9(5-15)16-10-13-8(4-14(6)10)7-2-11-12-3-7/h2-5H,1H3,(H,11,12). The first-order valence-corrected chi connectivity index (χ1v) is 5.54. The van der Waals surface area contributed by atoms with Crippen molar-refractivity contribution in [1.29, 1.82) is 0 Å². The number of carbonyl (C=O) groups is 1. The molecular formula is C10H8N4OS. The van der Waals surface area contributed by atoms with Gasteiger partial charge in [-0.15, -0.1) is 0 Å². The third-order valence-corrected chi connectivity index (χ3v) is 3.58. The molecule has 3 aromatic heterocycles. The lowest BCUT2D eigenvalue weighted by molar-refractivity contribution is 0.112. The Balaban J connectivity index is 2.22. The molecular weight excluding hydrogens is 224 g/mol. The average molecular weight is 232 g/mol. The molecule has 0 saturated carbocycles. The third-order valence-electron chi connectivity index (χ3n) is 2.49. The summed E-state index contributed by atoms with van der Waals surface area (Å²) in [6.45, 7) is 1.91. The Morgan fingerprint density at radius 2 is 2.44 bits per heavy atom. The van der Waals surface area contributed by atoms with Gasteiger partial charge in [-0.2, -0.15) is 5.10 Å². The maximum Gasteiger partial charge on any atom is 0.195 e. The highest BCUT2D eigenvalue weighted by molar-refractivity contribution is 7.18. The van der Waals surface area contributed by atoms with E-state index in [1.54, 1.807) is 12.4 Å². The molecule has 16 heavy (non-hydrogen) atoms. The van der Waals surface area contributed by atoms with Gasteiger partial charge in [0.2, 0.25) is 0 Å². The van der Waals surface area contributed by atoms with E-state index >= 15 is 0 Å². The number of aromatic amines is 1. The summed E-state index contributed by atoms with van der Waals surface area (Å²) in [6.07, 6.45) is 6.30. The fraction of sp³-hybridized carbons (Fsp3) is 0.100. The van der Waals surface area contributed by atoms with Gasteiger partial charge < -0.3 is 0 Å². The lowest BCUT2D eigenvalue weighted by Gasteiger charge is -1.89. The summed E-state index contributed by atoms with van der Waals surface area (Å²) in [5.74, 6) is 0. The molecule has 0 unspecified atom stereocenters. The van der Waals surface area contributed by atoms with E-state index < -0.39 is 0 Å². The molecule has 1 N–H and O–H groups in total. The van der Waals surface area contributed by atoms with E-state index in [4.69, 9.17) is 0 Å². The Hall–Kier alpha value is -1.95. The van der Waals surface area contributed by atoms with Crippen LogP contribution in [0.4, 0.5) is 0 Å². The molecule has 0 bridgehead atoms. The largest absolute Gasteiger partial charge is 0.297 e. The Kier molecular flexibility index (Phi) is 1.90. The van der Waals surface area contributed by atoms with Gasteiger partial charge >= 0.3 is 0 Å². The number of hydrogen-bond donors (Lipinski definition) is 1. The molecule has 0 aliphatic rings. The third kappa shape index (κ3) is 1.20. The average Bonchev–Trinajstić information content (AvgIpc) is 2.95. The van der Waals surface area contributed by atoms with Crippen LogP contribution in [0.5, 0.6) is 0 Å². The van der Waals surface area contributed by atoms with Gasteiger partial charge in [-0.3, -0.25) is 14.3 Å². The molecule has 3 rings (SSSR count). The molecule has 0 radical (unpaired) electrons. The Labute approximate surface area is 94.8 Å². The van der Waals surface area contributed by atoms with Crippen LogP contribution < -0.4 is 0 Å². The highest BCUT2D eigenvalue weighted by Crippen LogP contribution is 2.25. The van der Waals surface area contributed by atoms with E-state index in [0.29, 0.717) is 0 Å². The fourth-order valence-electron chi connectivity index (χ4n) is 1.61. The summed E-state index contributed by atoms with van der Waals surface area (Å²) in [5.41, 5.74) is 2.74. The van der Waals surface area contributed by atoms with Crippen molar-refractivity contribution >= 4 is 22.6 Å². The monoisotopic (exact) mass is 232 g/mol. The number of imidazole rings is 1. The van der Waals surface area contributed by atoms with E-state index in [1.807, 2.05) is 17.5 Å². The van der Waals surface area contributed by atoms with Gasteiger partial charge in [0.1, 0.15) is 0 Å². The van der Waals surface area contributed by atoms with E-state index in [1.165, 1.54) is 11.3 Å². The lowest BCUT2D eigenvalue weighted by atomic mass is 10.3. The van der Waals surface area contributed by atoms with Gasteiger partial charge in [-0.25, -0.2) is 4.98 Å². The molecule has 3 aromatic rings. The van der Waals surface area contributed by atoms with Crippen LogP contribution in [0.25, 0.3) is 16.2 Å². The van der Waals surface area contributed by atoms with Gasteiger partial charge in [0.15, 0.2) is 11.2 Å². The Morgan fingerprint density at radius 1 is 1.56 bits per heavy atom. The summed E-state index contributed by atoms with van der Waals surface area (Å²) >= 11 is 1.40. The second-order valence-corrected chi connectivity index (χ2v) is 4.44. The molecule has 80 valence electrons. The number of hydrogen-bond acceptors (Lipinski definition) is 4. The van der Waals surface area contributed by atoms with Crippen molar-refractivity contribution in [3.8, 4) is 11.3 Å². The van der Waals surface area contributed by atoms with Crippen LogP contribution in [-0.2, 0) is 0 Å². The minimum Gasteiger partial charge on any atom is -0.297 e. The zero-order valence-electron chi connectivity index (χ0n) is 8.47. The number of aromatic nitrogens is 4. The molecule has 0 aromatic carbocycles. The van der Waals surface area contributed by atoms with Crippen LogP contribution in [0.3, 0.4) is 0 Å². The molecule has 0 amide bonds. The van der Waals surface area contributed by atoms with Crippen molar-refractivity contribution in [2.45, 2.75) is 6.92 Å². The first-order valence-electron chi connectivity index (χ1n) is 4.72. The predicted octanol–water partition coefficient (Wildman–Crippen LogP) is 1.91. The molecule has 0 fully saturated rings. The van der Waals surface area contributed by atoms with Crippen LogP contribution in [0.1, 0.15) is 15.4 Å². The number of carbonyl (C=O) groups excluding carboxylic acids is 1. The number of nitrogens with zero attached hydrogens (tertiary/aromatic N) is 3. The second kappa shape index (κ2) is 3.28. The quantitative estimate of drug-likeness (QED) is 0.686. The summed E-state index contributed by atoms with van der Waals surface area (Å²) < 4.78 is 1.93. The maximum atomic E-state index is 10.8. The van der Waals surface area contributed by atoms with Crippen molar-refractivity contribution in [3.05, 3.63) is 29.2 Å². The molecule has 3 heterocycles. The highest BCUT2D eigenvalue weighted by atomic mass is 32.1. The van der Waals surface area contributed by atoms with E-state index in [2.05, 4.69) is 15.2 Å². The molecule has 0 atom stereocenters. The van der Waals surface area contributed by atoms with E-state index in [9.17, 15) is 4.79 Å². The van der Waals surface area contributed by atoms with Gasteiger partial charge in [-0.1, -0.05) is 11.3 Å². The fourth-order valence-corrected chi connectivity index (χ4v) is 2.53. The first-order chi connectivity index (χ1) is 7.79. The Bertz CT molecular complexity index is 650. The van der Waals surface area contributed by atoms with Crippen LogP contribution in [0.15, 0.2) is 18.6 Å². The summed E-state index contributed by atoms with van der Waals surface area (Å²) in [6, 6.07) is 0. The van der Waals surface area contributed by atoms with Crippen molar-refractivity contribution in [1.82, 2.24) is 19.6 Å². The number of aldehydes is 1. The van der Waals surface area contributed by atoms with Crippen LogP contribution in [-0.4, -0.2) is 25.9 Å². The second-order valence-electron chi connectivity index (χ2n) is 3.44. The summed E-state index contributed by atoms with van der Waals surface area (Å²) in [4.78, 5) is 16.8. The van der Waals surface area contributed by atoms with Crippen molar-refractivity contribution in [2.75, 3.05) is 0 Å². The maximum absolute atomic E-state index is 10.8. The zero-order chi connectivity index (χ0) is 11.1. The first kappa shape index (κ1) is 9.29. The smallest absolute Gasteiger partial charge is 0.195 e. The molecule has 0 aliphatic heterocycles. The molecule has 0 spiro atoms. The van der Waals surface area contributed by atoms with Crippen LogP contribution >= 0.6 is 11.3 Å². The van der Waals surface area contributed by atoms with E-state index in [0.717, 1.165) is 33.1 Å². The molecule has 0 saturated heterocycles. The topological polar surface area (TPSA) is 63.0 Å². The molecule has 5 nitrogen and oxygen atoms in total. The number of rotatable bonds is 2. The lowest BCUT2D eigenvalue weighted by Crippen LogP contribution is -1.84. The molecule has 0 aliphatic carbocycles. The van der Waals surface area contributed by atoms with Crippen molar-refractivity contribution in [3.63, 3.8) is 0 Å². The number of H-pyrrole nitrogens is 1. The minimum absolute atomic E-state index is 0.723. The van der Waals surface area contributed by atoms with Crippen LogP contribution in [0, 0.1) is 6.92 Å². The van der Waals surface area contributed by atoms with Crippen LogP contribution in [0.2, 0.25) is 0 Å². The van der Waals surface area contributed by atoms with Gasteiger partial charge in [0, 0.05) is 23.7 Å². The highest BCUT2D eigenvalue weighted by Gasteiger charge is 2.12. The number of fused-ring (bicyclic) bond motifs is 1. The molecule has 6 heteroatoms. The number of thiazole rings is 1. The Morgan fingerprint density at radius 3 is 3.06 bits per heavy atom. The number of aryl methyl sites for hydroxylation is 1. The summed E-state index contributed by atoms with van der Waals surface area (Å²) in [7, 11) is 0. The van der Waals surface area contributed by atoms with Crippen molar-refractivity contribution < 1.29 is 4.79 Å². The zero-order valence-corrected chi connectivity index (χ0v) is 9.28. The SMILES string of the molecule is Cc1c(C=O)sc2nc(-c3cn[nH]c3)cn12. The van der Waals surface area contributed by atoms with E-state index in [-0.39, 0.29) is 0 Å². The predicted molar refractivity (Wildman–Crippen MR) is 60.8 cm³/mol.